The summed E-state index contributed by atoms with van der Waals surface area (Å²) in [6.45, 7) is 5.37. The Morgan fingerprint density at radius 3 is 2.40 bits per heavy atom. The van der Waals surface area contributed by atoms with Gasteiger partial charge in [0.1, 0.15) is 5.54 Å². The lowest BCUT2D eigenvalue weighted by Gasteiger charge is -2.39. The molecule has 5 heteroatoms. The number of rotatable bonds is 3. The molecular weight excluding hydrogens is 212 g/mol. The summed E-state index contributed by atoms with van der Waals surface area (Å²) < 4.78 is 23.2. The highest BCUT2D eigenvalue weighted by atomic mass is 32.2. The van der Waals surface area contributed by atoms with Crippen molar-refractivity contribution in [3.63, 3.8) is 0 Å². The minimum absolute atomic E-state index is 0.00181. The first kappa shape index (κ1) is 12.5. The molecule has 0 N–H and O–H groups in total. The van der Waals surface area contributed by atoms with Crippen LogP contribution in [0.5, 0.6) is 0 Å². The zero-order chi connectivity index (χ0) is 11.5. The van der Waals surface area contributed by atoms with Crippen LogP contribution in [0, 0.1) is 11.3 Å². The standard InChI is InChI=1S/C10H18N2O2S/c1-3-12(4-2)10(8-11)6-5-7-15(13,14)9-10/h3-7,9H2,1-2H3. The largest absolute Gasteiger partial charge is 0.285 e. The van der Waals surface area contributed by atoms with Crippen LogP contribution in [-0.4, -0.2) is 43.5 Å². The normalized spacial score (nSPS) is 30.0. The van der Waals surface area contributed by atoms with E-state index in [1.165, 1.54) is 0 Å². The molecule has 0 aliphatic carbocycles. The van der Waals surface area contributed by atoms with Crippen molar-refractivity contribution < 1.29 is 8.42 Å². The van der Waals surface area contributed by atoms with Crippen molar-refractivity contribution in [2.75, 3.05) is 24.6 Å². The predicted octanol–water partition coefficient (Wildman–Crippen LogP) is 0.799. The fourth-order valence-electron chi connectivity index (χ4n) is 2.33. The second-order valence-electron chi connectivity index (χ2n) is 4.01. The van der Waals surface area contributed by atoms with E-state index >= 15 is 0 Å². The molecule has 1 heterocycles. The van der Waals surface area contributed by atoms with Gasteiger partial charge in [0, 0.05) is 0 Å². The Morgan fingerprint density at radius 2 is 2.00 bits per heavy atom. The van der Waals surface area contributed by atoms with Gasteiger partial charge in [-0.15, -0.1) is 0 Å². The molecule has 1 fully saturated rings. The molecule has 1 unspecified atom stereocenters. The Morgan fingerprint density at radius 1 is 1.40 bits per heavy atom. The van der Waals surface area contributed by atoms with Crippen LogP contribution in [0.2, 0.25) is 0 Å². The van der Waals surface area contributed by atoms with Gasteiger partial charge < -0.3 is 0 Å². The van der Waals surface area contributed by atoms with E-state index in [1.807, 2.05) is 18.7 Å². The van der Waals surface area contributed by atoms with E-state index in [2.05, 4.69) is 6.07 Å². The van der Waals surface area contributed by atoms with Crippen LogP contribution in [0.4, 0.5) is 0 Å². The van der Waals surface area contributed by atoms with Crippen LogP contribution < -0.4 is 0 Å². The van der Waals surface area contributed by atoms with Gasteiger partial charge >= 0.3 is 0 Å². The maximum Gasteiger partial charge on any atom is 0.153 e. The summed E-state index contributed by atoms with van der Waals surface area (Å²) in [5.74, 6) is 0.232. The lowest BCUT2D eigenvalue weighted by Crippen LogP contribution is -2.54. The molecule has 1 aliphatic rings. The number of hydrogen-bond acceptors (Lipinski definition) is 4. The van der Waals surface area contributed by atoms with Crippen molar-refractivity contribution in [3.8, 4) is 6.07 Å². The van der Waals surface area contributed by atoms with Gasteiger partial charge in [-0.05, 0) is 25.9 Å². The Labute approximate surface area is 91.8 Å². The van der Waals surface area contributed by atoms with Gasteiger partial charge in [-0.25, -0.2) is 8.42 Å². The third kappa shape index (κ3) is 2.50. The molecule has 0 bridgehead atoms. The fourth-order valence-corrected chi connectivity index (χ4v) is 4.18. The van der Waals surface area contributed by atoms with E-state index in [0.29, 0.717) is 12.8 Å². The molecular formula is C10H18N2O2S. The quantitative estimate of drug-likeness (QED) is 0.719. The molecule has 1 saturated heterocycles. The van der Waals surface area contributed by atoms with Crippen molar-refractivity contribution in [3.05, 3.63) is 0 Å². The van der Waals surface area contributed by atoms with Crippen molar-refractivity contribution >= 4 is 9.84 Å². The number of sulfone groups is 1. The summed E-state index contributed by atoms with van der Waals surface area (Å²) in [6, 6.07) is 2.22. The van der Waals surface area contributed by atoms with Gasteiger partial charge in [0.25, 0.3) is 0 Å². The number of nitriles is 1. The second kappa shape index (κ2) is 4.50. The molecule has 15 heavy (non-hydrogen) atoms. The predicted molar refractivity (Wildman–Crippen MR) is 59.2 cm³/mol. The van der Waals surface area contributed by atoms with Crippen molar-refractivity contribution in [2.45, 2.75) is 32.2 Å². The lowest BCUT2D eigenvalue weighted by atomic mass is 9.95. The summed E-state index contributed by atoms with van der Waals surface area (Å²) >= 11 is 0. The van der Waals surface area contributed by atoms with Crippen molar-refractivity contribution in [1.82, 2.24) is 4.90 Å². The van der Waals surface area contributed by atoms with Crippen LogP contribution in [-0.2, 0) is 9.84 Å². The highest BCUT2D eigenvalue weighted by molar-refractivity contribution is 7.91. The summed E-state index contributed by atoms with van der Waals surface area (Å²) in [7, 11) is -3.03. The minimum atomic E-state index is -3.03. The van der Waals surface area contributed by atoms with E-state index in [4.69, 9.17) is 0 Å². The molecule has 1 rings (SSSR count). The SMILES string of the molecule is CCN(CC)C1(C#N)CCCS(=O)(=O)C1. The molecule has 0 spiro atoms. The molecule has 1 atom stereocenters. The summed E-state index contributed by atoms with van der Waals surface area (Å²) in [4.78, 5) is 1.96. The van der Waals surface area contributed by atoms with Crippen LogP contribution in [0.3, 0.4) is 0 Å². The topological polar surface area (TPSA) is 61.2 Å². The van der Waals surface area contributed by atoms with E-state index in [0.717, 1.165) is 13.1 Å². The van der Waals surface area contributed by atoms with Crippen molar-refractivity contribution in [2.24, 2.45) is 0 Å². The highest BCUT2D eigenvalue weighted by Crippen LogP contribution is 2.28. The first-order valence-electron chi connectivity index (χ1n) is 5.36. The second-order valence-corrected chi connectivity index (χ2v) is 6.20. The first-order chi connectivity index (χ1) is 6.99. The van der Waals surface area contributed by atoms with Crippen molar-refractivity contribution in [1.29, 1.82) is 5.26 Å². The van der Waals surface area contributed by atoms with E-state index in [1.54, 1.807) is 0 Å². The lowest BCUT2D eigenvalue weighted by molar-refractivity contribution is 0.157. The minimum Gasteiger partial charge on any atom is -0.285 e. The molecule has 86 valence electrons. The third-order valence-corrected chi connectivity index (χ3v) is 4.91. The van der Waals surface area contributed by atoms with E-state index < -0.39 is 15.4 Å². The fraction of sp³-hybridized carbons (Fsp3) is 0.900. The van der Waals surface area contributed by atoms with Crippen LogP contribution >= 0.6 is 0 Å². The van der Waals surface area contributed by atoms with Crippen LogP contribution in [0.1, 0.15) is 26.7 Å². The van der Waals surface area contributed by atoms with E-state index in [-0.39, 0.29) is 11.5 Å². The third-order valence-electron chi connectivity index (χ3n) is 3.08. The Kier molecular flexibility index (Phi) is 3.74. The molecule has 1 aliphatic heterocycles. The van der Waals surface area contributed by atoms with Gasteiger partial charge in [0.15, 0.2) is 9.84 Å². The molecule has 0 aromatic heterocycles. The highest BCUT2D eigenvalue weighted by Gasteiger charge is 2.42. The molecule has 0 aromatic rings. The average molecular weight is 230 g/mol. The molecule has 0 aromatic carbocycles. The van der Waals surface area contributed by atoms with Gasteiger partial charge in [-0.3, -0.25) is 4.90 Å². The smallest absolute Gasteiger partial charge is 0.153 e. The number of nitrogens with zero attached hydrogens (tertiary/aromatic N) is 2. The maximum absolute atomic E-state index is 11.6. The molecule has 4 nitrogen and oxygen atoms in total. The summed E-state index contributed by atoms with van der Waals surface area (Å²) in [5, 5.41) is 9.25. The Balaban J connectivity index is 3.00. The zero-order valence-electron chi connectivity index (χ0n) is 9.36. The van der Waals surface area contributed by atoms with Gasteiger partial charge in [-0.1, -0.05) is 13.8 Å². The monoisotopic (exact) mass is 230 g/mol. The zero-order valence-corrected chi connectivity index (χ0v) is 10.2. The maximum atomic E-state index is 11.6. The van der Waals surface area contributed by atoms with Crippen LogP contribution in [0.25, 0.3) is 0 Å². The summed E-state index contributed by atoms with van der Waals surface area (Å²) in [6.07, 6.45) is 1.27. The van der Waals surface area contributed by atoms with Gasteiger partial charge in [0.2, 0.25) is 0 Å². The van der Waals surface area contributed by atoms with E-state index in [9.17, 15) is 13.7 Å². The number of hydrogen-bond donors (Lipinski definition) is 0. The van der Waals surface area contributed by atoms with Gasteiger partial charge in [0.05, 0.1) is 17.6 Å². The van der Waals surface area contributed by atoms with Gasteiger partial charge in [-0.2, -0.15) is 5.26 Å². The molecule has 0 saturated carbocycles. The molecule has 0 radical (unpaired) electrons. The Hall–Kier alpha value is -0.600. The Bertz CT molecular complexity index is 354. The average Bonchev–Trinajstić information content (AvgIpc) is 2.18. The van der Waals surface area contributed by atoms with Crippen LogP contribution in [0.15, 0.2) is 0 Å². The molecule has 0 amide bonds. The summed E-state index contributed by atoms with van der Waals surface area (Å²) in [5.41, 5.74) is -0.777. The first-order valence-corrected chi connectivity index (χ1v) is 7.18.